The monoisotopic (exact) mass is 415 g/mol. The molecule has 0 bridgehead atoms. The van der Waals surface area contributed by atoms with Crippen molar-refractivity contribution in [2.24, 2.45) is 5.92 Å². The molecule has 3 rings (SSSR count). The van der Waals surface area contributed by atoms with Crippen LogP contribution in [0.4, 0.5) is 5.82 Å². The maximum Gasteiger partial charge on any atom is 0.326 e. The Labute approximate surface area is 184 Å². The summed E-state index contributed by atoms with van der Waals surface area (Å²) in [6.45, 7) is 5.97. The summed E-state index contributed by atoms with van der Waals surface area (Å²) in [6, 6.07) is 17.3. The number of hydrogen-bond acceptors (Lipinski definition) is 4. The number of carbonyl (C=O) groups is 1. The van der Waals surface area contributed by atoms with Gasteiger partial charge < -0.3 is 10.0 Å². The molecule has 31 heavy (non-hydrogen) atoms. The summed E-state index contributed by atoms with van der Waals surface area (Å²) in [6.07, 6.45) is 3.25. The number of fused-ring (bicyclic) bond motifs is 1. The second-order valence-corrected chi connectivity index (χ2v) is 8.31. The molecular formula is C26H29N3O2. The van der Waals surface area contributed by atoms with Gasteiger partial charge in [0, 0.05) is 12.4 Å². The molecule has 3 aromatic rings. The van der Waals surface area contributed by atoms with E-state index in [0.717, 1.165) is 41.3 Å². The lowest BCUT2D eigenvalue weighted by Crippen LogP contribution is -2.42. The fourth-order valence-corrected chi connectivity index (χ4v) is 4.01. The highest BCUT2D eigenvalue weighted by molar-refractivity contribution is 5.97. The molecule has 0 saturated heterocycles. The zero-order valence-corrected chi connectivity index (χ0v) is 18.6. The first kappa shape index (κ1) is 22.3. The number of benzene rings is 2. The van der Waals surface area contributed by atoms with Crippen LogP contribution in [-0.4, -0.2) is 29.1 Å². The maximum atomic E-state index is 11.9. The molecule has 160 valence electrons. The number of aliphatic carboxylic acids is 1. The number of anilines is 1. The van der Waals surface area contributed by atoms with Crippen LogP contribution in [0.2, 0.25) is 0 Å². The van der Waals surface area contributed by atoms with Gasteiger partial charge >= 0.3 is 5.97 Å². The van der Waals surface area contributed by atoms with E-state index in [1.54, 1.807) is 18.0 Å². The number of rotatable bonds is 8. The van der Waals surface area contributed by atoms with Gasteiger partial charge in [-0.15, -0.1) is 0 Å². The average molecular weight is 416 g/mol. The molecule has 0 fully saturated rings. The first-order valence-corrected chi connectivity index (χ1v) is 10.8. The Bertz CT molecular complexity index is 1130. The third-order valence-electron chi connectivity index (χ3n) is 5.64. The Balaban J connectivity index is 2.22. The minimum absolute atomic E-state index is 0.0817. The van der Waals surface area contributed by atoms with Crippen LogP contribution in [0.3, 0.4) is 0 Å². The van der Waals surface area contributed by atoms with E-state index in [2.05, 4.69) is 25.1 Å². The number of aryl methyl sites for hydroxylation is 1. The molecule has 1 aromatic heterocycles. The Morgan fingerprint density at radius 1 is 1.19 bits per heavy atom. The lowest BCUT2D eigenvalue weighted by atomic mass is 9.96. The van der Waals surface area contributed by atoms with E-state index >= 15 is 0 Å². The van der Waals surface area contributed by atoms with Gasteiger partial charge in [-0.2, -0.15) is 5.26 Å². The summed E-state index contributed by atoms with van der Waals surface area (Å²) < 4.78 is 0. The predicted octanol–water partition coefficient (Wildman–Crippen LogP) is 5.66. The van der Waals surface area contributed by atoms with Gasteiger partial charge in [0.15, 0.2) is 0 Å². The summed E-state index contributed by atoms with van der Waals surface area (Å²) in [7, 11) is 1.78. The van der Waals surface area contributed by atoms with Crippen LogP contribution in [0, 0.1) is 17.2 Å². The Hall–Kier alpha value is -3.39. The first-order valence-electron chi connectivity index (χ1n) is 10.8. The average Bonchev–Trinajstić information content (AvgIpc) is 2.76. The number of aromatic nitrogens is 1. The van der Waals surface area contributed by atoms with E-state index in [9.17, 15) is 15.2 Å². The Kier molecular flexibility index (Phi) is 6.91. The first-order chi connectivity index (χ1) is 14.8. The van der Waals surface area contributed by atoms with Crippen molar-refractivity contribution in [1.29, 1.82) is 5.26 Å². The Morgan fingerprint density at radius 2 is 1.97 bits per heavy atom. The van der Waals surface area contributed by atoms with Gasteiger partial charge in [-0.3, -0.25) is 0 Å². The van der Waals surface area contributed by atoms with Crippen molar-refractivity contribution in [3.8, 4) is 17.2 Å². The van der Waals surface area contributed by atoms with Crippen LogP contribution in [0.5, 0.6) is 0 Å². The van der Waals surface area contributed by atoms with Crippen LogP contribution in [0.1, 0.15) is 44.7 Å². The normalized spacial score (nSPS) is 12.0. The van der Waals surface area contributed by atoms with Crippen molar-refractivity contribution in [3.63, 3.8) is 0 Å². The molecule has 5 heteroatoms. The lowest BCUT2D eigenvalue weighted by Gasteiger charge is -2.29. The van der Waals surface area contributed by atoms with Gasteiger partial charge in [0.1, 0.15) is 11.9 Å². The van der Waals surface area contributed by atoms with Gasteiger partial charge in [-0.1, -0.05) is 45.4 Å². The van der Waals surface area contributed by atoms with Crippen molar-refractivity contribution in [2.45, 2.75) is 46.1 Å². The smallest absolute Gasteiger partial charge is 0.326 e. The molecule has 0 saturated carbocycles. The summed E-state index contributed by atoms with van der Waals surface area (Å²) in [5, 5.41) is 20.1. The lowest BCUT2D eigenvalue weighted by molar-refractivity contribution is -0.139. The van der Waals surface area contributed by atoms with Gasteiger partial charge in [-0.05, 0) is 65.8 Å². The molecule has 0 aliphatic carbocycles. The summed E-state index contributed by atoms with van der Waals surface area (Å²) >= 11 is 0. The molecule has 2 aromatic carbocycles. The van der Waals surface area contributed by atoms with Gasteiger partial charge in [0.05, 0.1) is 17.1 Å². The molecule has 1 atom stereocenters. The van der Waals surface area contributed by atoms with E-state index in [0.29, 0.717) is 11.4 Å². The Morgan fingerprint density at radius 3 is 2.61 bits per heavy atom. The molecule has 0 unspecified atom stereocenters. The summed E-state index contributed by atoms with van der Waals surface area (Å²) in [5.41, 5.74) is 4.53. The summed E-state index contributed by atoms with van der Waals surface area (Å²) in [4.78, 5) is 18.4. The molecule has 5 nitrogen and oxygen atoms in total. The number of pyridine rings is 1. The number of nitrogens with zero attached hydrogens (tertiary/aromatic N) is 3. The topological polar surface area (TPSA) is 77.2 Å². The highest BCUT2D eigenvalue weighted by Gasteiger charge is 2.27. The van der Waals surface area contributed by atoms with Crippen molar-refractivity contribution in [2.75, 3.05) is 11.9 Å². The molecule has 0 aliphatic rings. The van der Waals surface area contributed by atoms with Crippen molar-refractivity contribution >= 4 is 22.7 Å². The third-order valence-corrected chi connectivity index (χ3v) is 5.64. The fourth-order valence-electron chi connectivity index (χ4n) is 4.01. The highest BCUT2D eigenvalue weighted by Crippen LogP contribution is 2.33. The number of carboxylic acid groups (broad SMARTS) is 1. The minimum atomic E-state index is -0.873. The van der Waals surface area contributed by atoms with Crippen molar-refractivity contribution in [3.05, 3.63) is 59.7 Å². The standard InChI is InChI=1S/C26H29N3O2/c1-5-6-8-18-11-12-23-22(14-18)21(20-10-7-9-19(13-20)16-27)15-24(28-23)29(4)25(17(2)3)26(30)31/h7,9-15,17,25H,5-6,8H2,1-4H3,(H,30,31)/t25-/m0/s1. The van der Waals surface area contributed by atoms with Crippen LogP contribution in [0.15, 0.2) is 48.5 Å². The number of likely N-dealkylation sites (N-methyl/N-ethyl adjacent to an activating group) is 1. The number of nitriles is 1. The van der Waals surface area contributed by atoms with Crippen molar-refractivity contribution < 1.29 is 9.90 Å². The molecule has 1 heterocycles. The van der Waals surface area contributed by atoms with Gasteiger partial charge in [-0.25, -0.2) is 9.78 Å². The molecule has 1 N–H and O–H groups in total. The quantitative estimate of drug-likeness (QED) is 0.513. The van der Waals surface area contributed by atoms with E-state index in [1.807, 2.05) is 44.2 Å². The van der Waals surface area contributed by atoms with Crippen molar-refractivity contribution in [1.82, 2.24) is 4.98 Å². The highest BCUT2D eigenvalue weighted by atomic mass is 16.4. The van der Waals surface area contributed by atoms with E-state index in [-0.39, 0.29) is 5.92 Å². The fraction of sp³-hybridized carbons (Fsp3) is 0.346. The SMILES string of the molecule is CCCCc1ccc2nc(N(C)[C@H](C(=O)O)C(C)C)cc(-c3cccc(C#N)c3)c2c1. The van der Waals surface area contributed by atoms with Gasteiger partial charge in [0.25, 0.3) is 0 Å². The summed E-state index contributed by atoms with van der Waals surface area (Å²) in [5.74, 6) is -0.351. The van der Waals surface area contributed by atoms with Crippen LogP contribution >= 0.6 is 0 Å². The zero-order chi connectivity index (χ0) is 22.5. The molecular weight excluding hydrogens is 386 g/mol. The largest absolute Gasteiger partial charge is 0.480 e. The molecule has 0 amide bonds. The van der Waals surface area contributed by atoms with E-state index in [4.69, 9.17) is 4.98 Å². The number of hydrogen-bond donors (Lipinski definition) is 1. The van der Waals surface area contributed by atoms with E-state index in [1.165, 1.54) is 5.56 Å². The van der Waals surface area contributed by atoms with Crippen LogP contribution in [-0.2, 0) is 11.2 Å². The maximum absolute atomic E-state index is 11.9. The van der Waals surface area contributed by atoms with E-state index < -0.39 is 12.0 Å². The second kappa shape index (κ2) is 9.61. The second-order valence-electron chi connectivity index (χ2n) is 8.31. The van der Waals surface area contributed by atoms with Gasteiger partial charge in [0.2, 0.25) is 0 Å². The molecule has 0 radical (unpaired) electrons. The molecule has 0 aliphatic heterocycles. The number of unbranched alkanes of at least 4 members (excludes halogenated alkanes) is 1. The minimum Gasteiger partial charge on any atom is -0.480 e. The predicted molar refractivity (Wildman–Crippen MR) is 125 cm³/mol. The molecule has 0 spiro atoms. The zero-order valence-electron chi connectivity index (χ0n) is 18.6. The van der Waals surface area contributed by atoms with Crippen LogP contribution < -0.4 is 4.90 Å². The third kappa shape index (κ3) is 4.86. The van der Waals surface area contributed by atoms with Crippen LogP contribution in [0.25, 0.3) is 22.0 Å². The number of carboxylic acids is 1.